The third-order valence-corrected chi connectivity index (χ3v) is 5.08. The van der Waals surface area contributed by atoms with Crippen molar-refractivity contribution in [2.45, 2.75) is 65.1 Å². The van der Waals surface area contributed by atoms with Gasteiger partial charge in [0.2, 0.25) is 0 Å². The molecule has 0 radical (unpaired) electrons. The van der Waals surface area contributed by atoms with Gasteiger partial charge < -0.3 is 15.3 Å². The van der Waals surface area contributed by atoms with Gasteiger partial charge in [-0.05, 0) is 41.7 Å². The molecule has 0 saturated carbocycles. The van der Waals surface area contributed by atoms with E-state index in [1.165, 1.54) is 18.2 Å². The van der Waals surface area contributed by atoms with E-state index in [2.05, 4.69) is 0 Å². The van der Waals surface area contributed by atoms with Crippen molar-refractivity contribution in [3.8, 4) is 11.3 Å². The lowest BCUT2D eigenvalue weighted by molar-refractivity contribution is -0.140. The van der Waals surface area contributed by atoms with Gasteiger partial charge in [0.15, 0.2) is 0 Å². The number of carbonyl (C=O) groups excluding carboxylic acids is 1. The van der Waals surface area contributed by atoms with Crippen LogP contribution in [0.3, 0.4) is 0 Å². The highest BCUT2D eigenvalue weighted by Crippen LogP contribution is 2.36. The number of benzene rings is 1. The average molecular weight is 444 g/mol. The Kier molecular flexibility index (Phi) is 8.80. The van der Waals surface area contributed by atoms with E-state index in [9.17, 15) is 24.2 Å². The molecule has 0 aliphatic rings. The molecule has 6 nitrogen and oxygen atoms in total. The summed E-state index contributed by atoms with van der Waals surface area (Å²) in [5, 5.41) is 29.1. The third kappa shape index (κ3) is 6.31. The molecule has 0 bridgehead atoms. The third-order valence-electron chi connectivity index (χ3n) is 5.08. The zero-order valence-corrected chi connectivity index (χ0v) is 18.8. The highest BCUT2D eigenvalue weighted by molar-refractivity contribution is 5.95. The summed E-state index contributed by atoms with van der Waals surface area (Å²) >= 11 is 0. The number of carboxylic acids is 1. The summed E-state index contributed by atoms with van der Waals surface area (Å²) in [6, 6.07) is 5.92. The lowest BCUT2D eigenvalue weighted by atomic mass is 9.86. The van der Waals surface area contributed by atoms with Crippen LogP contribution in [0.5, 0.6) is 0 Å². The number of carbonyl (C=O) groups is 2. The van der Waals surface area contributed by atoms with Gasteiger partial charge in [-0.2, -0.15) is 0 Å². The standard InChI is InChI=1S/C25H30FNO5/c1-14(2)23-20(10-9-18(29)11-19(30)12-22(31)32)25(16-5-7-17(26)8-6-16)27-24(15(3)4)21(23)13-28/h5-10,14-15,18,28-29H,11-13H2,1-4H3,(H,31,32)/b10-9+. The number of Topliss-reactive ketones (excluding diaryl/α,β-unsaturated/α-hetero) is 1. The van der Waals surface area contributed by atoms with Crippen molar-refractivity contribution in [1.29, 1.82) is 0 Å². The monoisotopic (exact) mass is 443 g/mol. The van der Waals surface area contributed by atoms with Gasteiger partial charge in [-0.1, -0.05) is 39.8 Å². The predicted molar refractivity (Wildman–Crippen MR) is 121 cm³/mol. The van der Waals surface area contributed by atoms with Crippen molar-refractivity contribution >= 4 is 17.8 Å². The summed E-state index contributed by atoms with van der Waals surface area (Å²) < 4.78 is 13.5. The lowest BCUT2D eigenvalue weighted by Crippen LogP contribution is -2.14. The van der Waals surface area contributed by atoms with Crippen LogP contribution in [0.2, 0.25) is 0 Å². The fourth-order valence-corrected chi connectivity index (χ4v) is 3.73. The predicted octanol–water partition coefficient (Wildman–Crippen LogP) is 4.43. The minimum absolute atomic E-state index is 0.00211. The molecular weight excluding hydrogens is 413 g/mol. The molecule has 0 fully saturated rings. The van der Waals surface area contributed by atoms with Crippen molar-refractivity contribution in [2.75, 3.05) is 0 Å². The molecule has 7 heteroatoms. The number of carboxylic acid groups (broad SMARTS) is 1. The Hall–Kier alpha value is -2.90. The number of rotatable bonds is 10. The fraction of sp³-hybridized carbons (Fsp3) is 0.400. The molecule has 1 atom stereocenters. The van der Waals surface area contributed by atoms with Gasteiger partial charge in [0, 0.05) is 28.8 Å². The van der Waals surface area contributed by atoms with Crippen LogP contribution in [0.15, 0.2) is 30.3 Å². The minimum Gasteiger partial charge on any atom is -0.481 e. The van der Waals surface area contributed by atoms with Gasteiger partial charge in [-0.15, -0.1) is 0 Å². The van der Waals surface area contributed by atoms with Crippen LogP contribution in [0.1, 0.15) is 74.8 Å². The Morgan fingerprint density at radius 1 is 1.09 bits per heavy atom. The van der Waals surface area contributed by atoms with Gasteiger partial charge >= 0.3 is 5.97 Å². The molecule has 2 aromatic rings. The normalized spacial score (nSPS) is 12.7. The van der Waals surface area contributed by atoms with Crippen LogP contribution < -0.4 is 0 Å². The summed E-state index contributed by atoms with van der Waals surface area (Å²) in [5.74, 6) is -2.17. The number of aliphatic hydroxyl groups excluding tert-OH is 2. The first-order valence-electron chi connectivity index (χ1n) is 10.6. The molecule has 0 spiro atoms. The Balaban J connectivity index is 2.65. The van der Waals surface area contributed by atoms with E-state index in [0.29, 0.717) is 22.4 Å². The number of hydrogen-bond acceptors (Lipinski definition) is 5. The van der Waals surface area contributed by atoms with Gasteiger partial charge in [0.25, 0.3) is 0 Å². The molecule has 3 N–H and O–H groups in total. The van der Waals surface area contributed by atoms with E-state index >= 15 is 0 Å². The average Bonchev–Trinajstić information content (AvgIpc) is 2.70. The van der Waals surface area contributed by atoms with E-state index in [-0.39, 0.29) is 30.7 Å². The van der Waals surface area contributed by atoms with Crippen molar-refractivity contribution in [2.24, 2.45) is 0 Å². The van der Waals surface area contributed by atoms with Gasteiger partial charge in [-0.25, -0.2) is 4.39 Å². The summed E-state index contributed by atoms with van der Waals surface area (Å²) in [5.41, 5.74) is 4.21. The molecule has 1 heterocycles. The van der Waals surface area contributed by atoms with Crippen LogP contribution in [0.4, 0.5) is 4.39 Å². The highest BCUT2D eigenvalue weighted by atomic mass is 19.1. The van der Waals surface area contributed by atoms with E-state index in [1.54, 1.807) is 18.2 Å². The number of nitrogens with zero attached hydrogens (tertiary/aromatic N) is 1. The van der Waals surface area contributed by atoms with Gasteiger partial charge in [-0.3, -0.25) is 14.6 Å². The largest absolute Gasteiger partial charge is 0.481 e. The van der Waals surface area contributed by atoms with Crippen molar-refractivity contribution < 1.29 is 29.3 Å². The maximum atomic E-state index is 13.5. The van der Waals surface area contributed by atoms with Crippen LogP contribution >= 0.6 is 0 Å². The van der Waals surface area contributed by atoms with Gasteiger partial charge in [0.05, 0.1) is 18.4 Å². The first kappa shape index (κ1) is 25.4. The lowest BCUT2D eigenvalue weighted by Gasteiger charge is -2.23. The molecule has 0 saturated heterocycles. The number of hydrogen-bond donors (Lipinski definition) is 3. The Morgan fingerprint density at radius 2 is 1.72 bits per heavy atom. The number of ketones is 1. The van der Waals surface area contributed by atoms with E-state index in [1.807, 2.05) is 27.7 Å². The van der Waals surface area contributed by atoms with E-state index in [4.69, 9.17) is 10.1 Å². The van der Waals surface area contributed by atoms with Crippen molar-refractivity contribution in [1.82, 2.24) is 4.98 Å². The van der Waals surface area contributed by atoms with Crippen molar-refractivity contribution in [3.05, 3.63) is 58.5 Å². The number of halogens is 1. The number of aliphatic hydroxyl groups is 2. The summed E-state index contributed by atoms with van der Waals surface area (Å²) in [6.45, 7) is 7.72. The second-order valence-electron chi connectivity index (χ2n) is 8.37. The Bertz CT molecular complexity index is 996. The summed E-state index contributed by atoms with van der Waals surface area (Å²) in [4.78, 5) is 27.2. The minimum atomic E-state index is -1.24. The molecule has 1 unspecified atom stereocenters. The van der Waals surface area contributed by atoms with E-state index in [0.717, 1.165) is 11.3 Å². The molecule has 2 rings (SSSR count). The second-order valence-corrected chi connectivity index (χ2v) is 8.37. The van der Waals surface area contributed by atoms with Crippen molar-refractivity contribution in [3.63, 3.8) is 0 Å². The molecule has 0 aliphatic carbocycles. The molecular formula is C25H30FNO5. The maximum Gasteiger partial charge on any atom is 0.310 e. The molecule has 0 amide bonds. The Labute approximate surface area is 187 Å². The highest BCUT2D eigenvalue weighted by Gasteiger charge is 2.23. The fourth-order valence-electron chi connectivity index (χ4n) is 3.73. The molecule has 1 aromatic carbocycles. The summed E-state index contributed by atoms with van der Waals surface area (Å²) in [6.07, 6.45) is 0.915. The first-order chi connectivity index (χ1) is 15.0. The quantitative estimate of drug-likeness (QED) is 0.469. The molecule has 32 heavy (non-hydrogen) atoms. The van der Waals surface area contributed by atoms with E-state index < -0.39 is 24.3 Å². The topological polar surface area (TPSA) is 108 Å². The van der Waals surface area contributed by atoms with Gasteiger partial charge in [0.1, 0.15) is 18.0 Å². The number of aromatic nitrogens is 1. The van der Waals surface area contributed by atoms with Crippen LogP contribution in [-0.2, 0) is 16.2 Å². The van der Waals surface area contributed by atoms with Crippen LogP contribution in [0, 0.1) is 5.82 Å². The summed E-state index contributed by atoms with van der Waals surface area (Å²) in [7, 11) is 0. The number of pyridine rings is 1. The zero-order chi connectivity index (χ0) is 24.0. The number of aliphatic carboxylic acids is 1. The smallest absolute Gasteiger partial charge is 0.310 e. The van der Waals surface area contributed by atoms with Crippen LogP contribution in [0.25, 0.3) is 17.3 Å². The molecule has 1 aromatic heterocycles. The first-order valence-corrected chi connectivity index (χ1v) is 10.6. The van der Waals surface area contributed by atoms with Crippen LogP contribution in [-0.4, -0.2) is 38.2 Å². The Morgan fingerprint density at radius 3 is 2.22 bits per heavy atom. The maximum absolute atomic E-state index is 13.5. The SMILES string of the molecule is CC(C)c1nc(-c2ccc(F)cc2)c(/C=C/C(O)CC(=O)CC(=O)O)c(C(C)C)c1CO. The zero-order valence-electron chi connectivity index (χ0n) is 18.8. The molecule has 0 aliphatic heterocycles. The molecule has 172 valence electrons. The second kappa shape index (κ2) is 11.1.